The largest absolute Gasteiger partial charge is 0.497 e. The van der Waals surface area contributed by atoms with Crippen LogP contribution in [0.1, 0.15) is 18.5 Å². The molecule has 116 valence electrons. The highest BCUT2D eigenvalue weighted by Crippen LogP contribution is 2.32. The maximum absolute atomic E-state index is 12.4. The zero-order valence-electron chi connectivity index (χ0n) is 12.4. The highest BCUT2D eigenvalue weighted by Gasteiger charge is 2.31. The van der Waals surface area contributed by atoms with Gasteiger partial charge in [-0.1, -0.05) is 15.9 Å². The maximum Gasteiger partial charge on any atom is 0.328 e. The maximum atomic E-state index is 12.4. The summed E-state index contributed by atoms with van der Waals surface area (Å²) in [6, 6.07) is 5.26. The molecule has 5 nitrogen and oxygen atoms in total. The van der Waals surface area contributed by atoms with E-state index in [4.69, 9.17) is 9.47 Å². The van der Waals surface area contributed by atoms with Gasteiger partial charge >= 0.3 is 5.97 Å². The summed E-state index contributed by atoms with van der Waals surface area (Å²) in [7, 11) is 1.62. The van der Waals surface area contributed by atoms with Crippen molar-refractivity contribution in [3.63, 3.8) is 0 Å². The lowest BCUT2D eigenvalue weighted by atomic mass is 10.0. The van der Waals surface area contributed by atoms with Crippen molar-refractivity contribution in [2.75, 3.05) is 39.9 Å². The summed E-state index contributed by atoms with van der Waals surface area (Å²) in [6.45, 7) is 5.57. The third kappa shape index (κ3) is 3.96. The Balaban J connectivity index is 2.35. The van der Waals surface area contributed by atoms with Gasteiger partial charge in [-0.15, -0.1) is 0 Å². The minimum Gasteiger partial charge on any atom is -0.497 e. The Labute approximate surface area is 133 Å². The predicted molar refractivity (Wildman–Crippen MR) is 84.5 cm³/mol. The van der Waals surface area contributed by atoms with Crippen molar-refractivity contribution in [2.24, 2.45) is 0 Å². The minimum atomic E-state index is -0.406. The van der Waals surface area contributed by atoms with Crippen LogP contribution in [0, 0.1) is 0 Å². The van der Waals surface area contributed by atoms with Crippen molar-refractivity contribution >= 4 is 21.9 Å². The lowest BCUT2D eigenvalue weighted by Gasteiger charge is -2.34. The third-order valence-corrected chi connectivity index (χ3v) is 4.25. The second-order valence-electron chi connectivity index (χ2n) is 4.83. The molecular weight excluding hydrogens is 336 g/mol. The Morgan fingerprint density at radius 3 is 2.76 bits per heavy atom. The van der Waals surface area contributed by atoms with Gasteiger partial charge in [0.25, 0.3) is 0 Å². The van der Waals surface area contributed by atoms with Crippen LogP contribution in [0.3, 0.4) is 0 Å². The molecule has 1 unspecified atom stereocenters. The fourth-order valence-corrected chi connectivity index (χ4v) is 2.96. The summed E-state index contributed by atoms with van der Waals surface area (Å²) < 4.78 is 11.4. The van der Waals surface area contributed by atoms with E-state index < -0.39 is 6.04 Å². The van der Waals surface area contributed by atoms with Gasteiger partial charge in [-0.2, -0.15) is 0 Å². The number of halogens is 1. The number of carbonyl (C=O) groups is 1. The Morgan fingerprint density at radius 2 is 2.14 bits per heavy atom. The average Bonchev–Trinajstić information content (AvgIpc) is 2.51. The van der Waals surface area contributed by atoms with E-state index >= 15 is 0 Å². The van der Waals surface area contributed by atoms with Gasteiger partial charge < -0.3 is 14.8 Å². The molecule has 0 aromatic heterocycles. The molecule has 0 radical (unpaired) electrons. The van der Waals surface area contributed by atoms with Crippen molar-refractivity contribution in [3.8, 4) is 5.75 Å². The van der Waals surface area contributed by atoms with Crippen molar-refractivity contribution in [1.29, 1.82) is 0 Å². The van der Waals surface area contributed by atoms with Gasteiger partial charge in [0.1, 0.15) is 11.8 Å². The number of piperazine rings is 1. The molecule has 1 heterocycles. The molecule has 21 heavy (non-hydrogen) atoms. The van der Waals surface area contributed by atoms with Crippen molar-refractivity contribution in [3.05, 3.63) is 28.2 Å². The molecule has 1 N–H and O–H groups in total. The molecule has 6 heteroatoms. The molecule has 0 saturated carbocycles. The number of methoxy groups -OCH3 is 1. The van der Waals surface area contributed by atoms with Gasteiger partial charge in [0.2, 0.25) is 0 Å². The van der Waals surface area contributed by atoms with Crippen LogP contribution in [0.4, 0.5) is 0 Å². The Hall–Kier alpha value is -1.11. The number of hydrogen-bond donors (Lipinski definition) is 1. The molecule has 0 aliphatic carbocycles. The zero-order chi connectivity index (χ0) is 15.2. The van der Waals surface area contributed by atoms with Gasteiger partial charge in [-0.3, -0.25) is 4.90 Å². The van der Waals surface area contributed by atoms with E-state index in [0.29, 0.717) is 6.61 Å². The number of esters is 1. The molecule has 1 aromatic rings. The minimum absolute atomic E-state index is 0.214. The summed E-state index contributed by atoms with van der Waals surface area (Å²) >= 11 is 3.54. The molecule has 0 bridgehead atoms. The van der Waals surface area contributed by atoms with Gasteiger partial charge in [-0.25, -0.2) is 4.79 Å². The summed E-state index contributed by atoms with van der Waals surface area (Å²) in [4.78, 5) is 14.6. The van der Waals surface area contributed by atoms with Crippen LogP contribution >= 0.6 is 15.9 Å². The molecule has 1 aromatic carbocycles. The summed E-state index contributed by atoms with van der Waals surface area (Å²) in [5.74, 6) is 0.519. The lowest BCUT2D eigenvalue weighted by Crippen LogP contribution is -2.47. The molecule has 1 saturated heterocycles. The second-order valence-corrected chi connectivity index (χ2v) is 5.68. The highest BCUT2D eigenvalue weighted by molar-refractivity contribution is 9.10. The van der Waals surface area contributed by atoms with E-state index in [1.54, 1.807) is 7.11 Å². The smallest absolute Gasteiger partial charge is 0.328 e. The van der Waals surface area contributed by atoms with Crippen LogP contribution in [0.15, 0.2) is 22.7 Å². The van der Waals surface area contributed by atoms with E-state index in [9.17, 15) is 4.79 Å². The van der Waals surface area contributed by atoms with E-state index in [1.807, 2.05) is 25.1 Å². The monoisotopic (exact) mass is 356 g/mol. The fraction of sp³-hybridized carbons (Fsp3) is 0.533. The first-order chi connectivity index (χ1) is 10.2. The Morgan fingerprint density at radius 1 is 1.43 bits per heavy atom. The number of nitrogens with zero attached hydrogens (tertiary/aromatic N) is 1. The van der Waals surface area contributed by atoms with E-state index in [-0.39, 0.29) is 5.97 Å². The molecule has 0 spiro atoms. The fourth-order valence-electron chi connectivity index (χ4n) is 2.49. The standard InChI is InChI=1S/C15H21BrN2O3/c1-3-21-15(19)14(18-8-6-17-7-9-18)12-10-11(20-2)4-5-13(12)16/h4-5,10,14,17H,3,6-9H2,1-2H3. The van der Waals surface area contributed by atoms with Crippen molar-refractivity contribution in [1.82, 2.24) is 10.2 Å². The molecule has 0 amide bonds. The number of nitrogens with one attached hydrogen (secondary N) is 1. The molecule has 1 atom stereocenters. The predicted octanol–water partition coefficient (Wildman–Crippen LogP) is 1.97. The number of benzene rings is 1. The molecule has 1 aliphatic heterocycles. The average molecular weight is 357 g/mol. The van der Waals surface area contributed by atoms with Crippen molar-refractivity contribution in [2.45, 2.75) is 13.0 Å². The number of rotatable bonds is 5. The van der Waals surface area contributed by atoms with Crippen LogP contribution in [0.25, 0.3) is 0 Å². The van der Waals surface area contributed by atoms with Crippen LogP contribution < -0.4 is 10.1 Å². The SMILES string of the molecule is CCOC(=O)C(c1cc(OC)ccc1Br)N1CCNCC1. The molecular formula is C15H21BrN2O3. The van der Waals surface area contributed by atoms with Crippen LogP contribution in [0.2, 0.25) is 0 Å². The van der Waals surface area contributed by atoms with Gasteiger partial charge in [-0.05, 0) is 30.7 Å². The first-order valence-electron chi connectivity index (χ1n) is 7.12. The first kappa shape index (κ1) is 16.3. The van der Waals surface area contributed by atoms with E-state index in [2.05, 4.69) is 26.1 Å². The zero-order valence-corrected chi connectivity index (χ0v) is 14.0. The van der Waals surface area contributed by atoms with Gasteiger partial charge in [0.15, 0.2) is 0 Å². The number of ether oxygens (including phenoxy) is 2. The second kappa shape index (κ2) is 7.77. The summed E-state index contributed by atoms with van der Waals surface area (Å²) in [5.41, 5.74) is 0.884. The van der Waals surface area contributed by atoms with E-state index in [1.165, 1.54) is 0 Å². The topological polar surface area (TPSA) is 50.8 Å². The number of hydrogen-bond acceptors (Lipinski definition) is 5. The van der Waals surface area contributed by atoms with E-state index in [0.717, 1.165) is 42.0 Å². The Bertz CT molecular complexity index is 490. The van der Waals surface area contributed by atoms with Crippen molar-refractivity contribution < 1.29 is 14.3 Å². The Kier molecular flexibility index (Phi) is 6.02. The summed E-state index contributed by atoms with van der Waals surface area (Å²) in [6.07, 6.45) is 0. The highest BCUT2D eigenvalue weighted by atomic mass is 79.9. The van der Waals surface area contributed by atoms with Crippen LogP contribution in [0.5, 0.6) is 5.75 Å². The third-order valence-electron chi connectivity index (χ3n) is 3.52. The normalized spacial score (nSPS) is 17.3. The molecule has 2 rings (SSSR count). The van der Waals surface area contributed by atoms with Gasteiger partial charge in [0, 0.05) is 30.7 Å². The number of carbonyl (C=O) groups excluding carboxylic acids is 1. The van der Waals surface area contributed by atoms with Crippen LogP contribution in [-0.4, -0.2) is 50.8 Å². The molecule has 1 aliphatic rings. The first-order valence-corrected chi connectivity index (χ1v) is 7.91. The van der Waals surface area contributed by atoms with Gasteiger partial charge in [0.05, 0.1) is 13.7 Å². The molecule has 1 fully saturated rings. The lowest BCUT2D eigenvalue weighted by molar-refractivity contribution is -0.150. The quantitative estimate of drug-likeness (QED) is 0.817. The summed E-state index contributed by atoms with van der Waals surface area (Å²) in [5, 5.41) is 3.30. The van der Waals surface area contributed by atoms with Crippen LogP contribution in [-0.2, 0) is 9.53 Å².